The molecule has 5 heteroatoms. The molecule has 0 aliphatic rings. The minimum Gasteiger partial charge on any atom is -0.331 e. The van der Waals surface area contributed by atoms with E-state index >= 15 is 0 Å². The number of benzene rings is 1. The Balaban J connectivity index is 2.19. The lowest BCUT2D eigenvalue weighted by molar-refractivity contribution is -0.121. The second-order valence-corrected chi connectivity index (χ2v) is 4.36. The summed E-state index contributed by atoms with van der Waals surface area (Å²) in [7, 11) is 0. The molecular weight excluding hydrogens is 246 g/mol. The molecule has 98 valence electrons. The maximum atomic E-state index is 11.4. The molecule has 0 radical (unpaired) electrons. The molecule has 0 aromatic heterocycles. The largest absolute Gasteiger partial charge is 0.331 e. The van der Waals surface area contributed by atoms with Crippen LogP contribution in [0.5, 0.6) is 0 Å². The van der Waals surface area contributed by atoms with Crippen molar-refractivity contribution < 1.29 is 4.79 Å². The van der Waals surface area contributed by atoms with Crippen LogP contribution in [-0.2, 0) is 4.79 Å². The Hall–Kier alpha value is -1.62. The summed E-state index contributed by atoms with van der Waals surface area (Å²) >= 11 is 5.05. The third-order valence-corrected chi connectivity index (χ3v) is 2.56. The molecule has 0 saturated heterocycles. The minimum absolute atomic E-state index is 0.0411. The molecular formula is C13H19N3OS. The molecule has 1 amide bonds. The molecule has 0 fully saturated rings. The molecule has 0 spiro atoms. The topological polar surface area (TPSA) is 53.2 Å². The van der Waals surface area contributed by atoms with Gasteiger partial charge in [0.25, 0.3) is 0 Å². The van der Waals surface area contributed by atoms with E-state index in [0.717, 1.165) is 24.9 Å². The number of hydrazine groups is 1. The van der Waals surface area contributed by atoms with Crippen molar-refractivity contribution in [2.24, 2.45) is 0 Å². The summed E-state index contributed by atoms with van der Waals surface area (Å²) in [6.07, 6.45) is 3.60. The summed E-state index contributed by atoms with van der Waals surface area (Å²) in [4.78, 5) is 11.4. The van der Waals surface area contributed by atoms with Gasteiger partial charge >= 0.3 is 0 Å². The molecule has 4 nitrogen and oxygen atoms in total. The quantitative estimate of drug-likeness (QED) is 0.435. The molecule has 3 N–H and O–H groups in total. The van der Waals surface area contributed by atoms with Crippen LogP contribution >= 0.6 is 12.2 Å². The van der Waals surface area contributed by atoms with E-state index in [2.05, 4.69) is 23.1 Å². The number of thiocarbonyl (C=S) groups is 1. The van der Waals surface area contributed by atoms with Crippen molar-refractivity contribution in [1.29, 1.82) is 0 Å². The van der Waals surface area contributed by atoms with Crippen molar-refractivity contribution in [3.8, 4) is 0 Å². The van der Waals surface area contributed by atoms with Crippen molar-refractivity contribution in [1.82, 2.24) is 10.9 Å². The van der Waals surface area contributed by atoms with E-state index in [0.29, 0.717) is 11.5 Å². The van der Waals surface area contributed by atoms with E-state index in [4.69, 9.17) is 12.2 Å². The van der Waals surface area contributed by atoms with Gasteiger partial charge in [-0.05, 0) is 30.8 Å². The highest BCUT2D eigenvalue weighted by atomic mass is 32.1. The van der Waals surface area contributed by atoms with E-state index in [1.54, 1.807) is 0 Å². The monoisotopic (exact) mass is 265 g/mol. The summed E-state index contributed by atoms with van der Waals surface area (Å²) in [6.45, 7) is 2.11. The Labute approximate surface area is 113 Å². The zero-order chi connectivity index (χ0) is 13.2. The Kier molecular flexibility index (Phi) is 6.79. The summed E-state index contributed by atoms with van der Waals surface area (Å²) in [5, 5.41) is 3.35. The average molecular weight is 265 g/mol. The van der Waals surface area contributed by atoms with Gasteiger partial charge in [-0.2, -0.15) is 0 Å². The van der Waals surface area contributed by atoms with Gasteiger partial charge in [0.2, 0.25) is 5.91 Å². The van der Waals surface area contributed by atoms with Gasteiger partial charge in [0.1, 0.15) is 0 Å². The summed E-state index contributed by atoms with van der Waals surface area (Å²) in [6, 6.07) is 9.55. The third kappa shape index (κ3) is 6.20. The number of rotatable bonds is 5. The molecule has 0 saturated carbocycles. The van der Waals surface area contributed by atoms with E-state index in [9.17, 15) is 4.79 Å². The lowest BCUT2D eigenvalue weighted by atomic mass is 10.2. The second kappa shape index (κ2) is 8.47. The predicted molar refractivity (Wildman–Crippen MR) is 78.1 cm³/mol. The van der Waals surface area contributed by atoms with Crippen LogP contribution in [0.4, 0.5) is 5.69 Å². The maximum absolute atomic E-state index is 11.4. The van der Waals surface area contributed by atoms with E-state index in [1.807, 2.05) is 30.3 Å². The van der Waals surface area contributed by atoms with E-state index in [-0.39, 0.29) is 5.91 Å². The van der Waals surface area contributed by atoms with Gasteiger partial charge in [0.05, 0.1) is 0 Å². The van der Waals surface area contributed by atoms with Crippen LogP contribution in [0.3, 0.4) is 0 Å². The van der Waals surface area contributed by atoms with Crippen molar-refractivity contribution in [3.05, 3.63) is 30.3 Å². The molecule has 0 atom stereocenters. The minimum atomic E-state index is -0.0411. The smallest absolute Gasteiger partial charge is 0.238 e. The first-order valence-corrected chi connectivity index (χ1v) is 6.54. The van der Waals surface area contributed by atoms with Crippen LogP contribution in [0, 0.1) is 0 Å². The first kappa shape index (κ1) is 14.4. The van der Waals surface area contributed by atoms with Crippen molar-refractivity contribution in [2.45, 2.75) is 32.6 Å². The van der Waals surface area contributed by atoms with Crippen LogP contribution in [0.25, 0.3) is 0 Å². The summed E-state index contributed by atoms with van der Waals surface area (Å²) in [5.74, 6) is -0.0411. The number of carbonyl (C=O) groups is 1. The highest BCUT2D eigenvalue weighted by molar-refractivity contribution is 7.80. The molecule has 0 heterocycles. The molecule has 1 aromatic rings. The molecule has 0 aliphatic carbocycles. The van der Waals surface area contributed by atoms with Crippen molar-refractivity contribution in [3.63, 3.8) is 0 Å². The number of para-hydroxylation sites is 1. The number of unbranched alkanes of at least 4 members (excludes halogenated alkanes) is 2. The van der Waals surface area contributed by atoms with Crippen LogP contribution in [0.2, 0.25) is 0 Å². The van der Waals surface area contributed by atoms with Gasteiger partial charge in [0.15, 0.2) is 5.11 Å². The van der Waals surface area contributed by atoms with Gasteiger partial charge in [-0.3, -0.25) is 15.6 Å². The summed E-state index contributed by atoms with van der Waals surface area (Å²) < 4.78 is 0. The zero-order valence-corrected chi connectivity index (χ0v) is 11.3. The number of hydrogen-bond acceptors (Lipinski definition) is 2. The average Bonchev–Trinajstić information content (AvgIpc) is 2.38. The first-order chi connectivity index (χ1) is 8.72. The maximum Gasteiger partial charge on any atom is 0.238 e. The van der Waals surface area contributed by atoms with E-state index in [1.165, 1.54) is 0 Å². The Morgan fingerprint density at radius 2 is 1.89 bits per heavy atom. The normalized spacial score (nSPS) is 9.61. The number of nitrogens with one attached hydrogen (secondary N) is 3. The van der Waals surface area contributed by atoms with Crippen LogP contribution in [0.15, 0.2) is 30.3 Å². The molecule has 0 unspecified atom stereocenters. The van der Waals surface area contributed by atoms with Crippen LogP contribution in [0.1, 0.15) is 32.6 Å². The number of hydrogen-bond donors (Lipinski definition) is 3. The predicted octanol–water partition coefficient (Wildman–Crippen LogP) is 2.58. The van der Waals surface area contributed by atoms with Gasteiger partial charge < -0.3 is 5.32 Å². The van der Waals surface area contributed by atoms with Crippen molar-refractivity contribution in [2.75, 3.05) is 5.32 Å². The van der Waals surface area contributed by atoms with Crippen LogP contribution < -0.4 is 16.2 Å². The fraction of sp³-hybridized carbons (Fsp3) is 0.385. The van der Waals surface area contributed by atoms with E-state index < -0.39 is 0 Å². The lowest BCUT2D eigenvalue weighted by Crippen LogP contribution is -2.43. The van der Waals surface area contributed by atoms with Crippen molar-refractivity contribution >= 4 is 28.9 Å². The molecule has 1 aromatic carbocycles. The molecule has 0 aliphatic heterocycles. The second-order valence-electron chi connectivity index (χ2n) is 3.95. The zero-order valence-electron chi connectivity index (χ0n) is 10.5. The molecule has 18 heavy (non-hydrogen) atoms. The summed E-state index contributed by atoms with van der Waals surface area (Å²) in [5.41, 5.74) is 6.13. The number of anilines is 1. The van der Waals surface area contributed by atoms with Gasteiger partial charge in [-0.1, -0.05) is 38.0 Å². The lowest BCUT2D eigenvalue weighted by Gasteiger charge is -2.11. The SMILES string of the molecule is CCCCCC(=O)NNC(=S)Nc1ccccc1. The fourth-order valence-electron chi connectivity index (χ4n) is 1.41. The molecule has 0 bridgehead atoms. The fourth-order valence-corrected chi connectivity index (χ4v) is 1.58. The number of amides is 1. The number of carbonyl (C=O) groups excluding carboxylic acids is 1. The van der Waals surface area contributed by atoms with Gasteiger partial charge in [0, 0.05) is 12.1 Å². The Morgan fingerprint density at radius 3 is 2.56 bits per heavy atom. The standard InChI is InChI=1S/C13H19N3OS/c1-2-3-5-10-12(17)15-16-13(18)14-11-8-6-4-7-9-11/h4,6-9H,2-3,5,10H2,1H3,(H,15,17)(H2,14,16,18). The Bertz CT molecular complexity index is 381. The Morgan fingerprint density at radius 1 is 1.17 bits per heavy atom. The van der Waals surface area contributed by atoms with Gasteiger partial charge in [-0.15, -0.1) is 0 Å². The van der Waals surface area contributed by atoms with Crippen LogP contribution in [-0.4, -0.2) is 11.0 Å². The first-order valence-electron chi connectivity index (χ1n) is 6.13. The highest BCUT2D eigenvalue weighted by Crippen LogP contribution is 2.04. The third-order valence-electron chi connectivity index (χ3n) is 2.35. The van der Waals surface area contributed by atoms with Gasteiger partial charge in [-0.25, -0.2) is 0 Å². The molecule has 1 rings (SSSR count). The highest BCUT2D eigenvalue weighted by Gasteiger charge is 2.01.